The van der Waals surface area contributed by atoms with Crippen molar-refractivity contribution in [3.05, 3.63) is 23.4 Å². The van der Waals surface area contributed by atoms with Gasteiger partial charge in [0.15, 0.2) is 0 Å². The molecular formula is C15H23N3. The fourth-order valence-electron chi connectivity index (χ4n) is 2.74. The van der Waals surface area contributed by atoms with Crippen molar-refractivity contribution in [2.45, 2.75) is 58.2 Å². The summed E-state index contributed by atoms with van der Waals surface area (Å²) in [6.45, 7) is 6.56. The summed E-state index contributed by atoms with van der Waals surface area (Å²) < 4.78 is 0. The third kappa shape index (κ3) is 2.51. The van der Waals surface area contributed by atoms with E-state index < -0.39 is 0 Å². The molecule has 1 aliphatic carbocycles. The number of rotatable bonds is 4. The lowest BCUT2D eigenvalue weighted by molar-refractivity contribution is 0.680. The van der Waals surface area contributed by atoms with E-state index in [4.69, 9.17) is 4.98 Å². The molecule has 18 heavy (non-hydrogen) atoms. The van der Waals surface area contributed by atoms with Crippen LogP contribution in [0.2, 0.25) is 0 Å². The highest BCUT2D eigenvalue weighted by molar-refractivity contribution is 5.43. The molecule has 0 amide bonds. The van der Waals surface area contributed by atoms with Crippen LogP contribution in [0.4, 0.5) is 5.82 Å². The van der Waals surface area contributed by atoms with E-state index in [1.54, 1.807) is 0 Å². The van der Waals surface area contributed by atoms with Crippen LogP contribution < -0.4 is 10.2 Å². The van der Waals surface area contributed by atoms with Gasteiger partial charge in [-0.2, -0.15) is 0 Å². The number of hydrogen-bond donors (Lipinski definition) is 1. The lowest BCUT2D eigenvalue weighted by atomic mass is 10.2. The molecule has 1 atom stereocenters. The Balaban J connectivity index is 1.70. The van der Waals surface area contributed by atoms with E-state index >= 15 is 0 Å². The molecule has 3 rings (SSSR count). The van der Waals surface area contributed by atoms with Crippen molar-refractivity contribution >= 4 is 5.82 Å². The van der Waals surface area contributed by atoms with Crippen molar-refractivity contribution in [3.8, 4) is 0 Å². The first-order valence-electron chi connectivity index (χ1n) is 7.20. The zero-order chi connectivity index (χ0) is 12.5. The Morgan fingerprint density at radius 3 is 2.78 bits per heavy atom. The third-order valence-corrected chi connectivity index (χ3v) is 4.19. The van der Waals surface area contributed by atoms with Crippen LogP contribution in [-0.4, -0.2) is 23.6 Å². The minimum atomic E-state index is 0.646. The molecule has 3 nitrogen and oxygen atoms in total. The molecule has 2 heterocycles. The molecule has 1 N–H and O–H groups in total. The molecule has 1 aliphatic heterocycles. The summed E-state index contributed by atoms with van der Waals surface area (Å²) in [6, 6.07) is 5.85. The lowest BCUT2D eigenvalue weighted by Crippen LogP contribution is -2.27. The molecule has 0 aromatic carbocycles. The molecule has 1 aromatic rings. The van der Waals surface area contributed by atoms with Gasteiger partial charge in [0.05, 0.1) is 0 Å². The molecule has 0 spiro atoms. The highest BCUT2D eigenvalue weighted by atomic mass is 15.2. The molecule has 1 unspecified atom stereocenters. The summed E-state index contributed by atoms with van der Waals surface area (Å²) in [5.41, 5.74) is 2.53. The predicted octanol–water partition coefficient (Wildman–Crippen LogP) is 2.63. The molecule has 98 valence electrons. The first-order chi connectivity index (χ1) is 8.74. The van der Waals surface area contributed by atoms with Gasteiger partial charge >= 0.3 is 0 Å². The minimum absolute atomic E-state index is 0.646. The van der Waals surface area contributed by atoms with Gasteiger partial charge in [0.25, 0.3) is 0 Å². The zero-order valence-corrected chi connectivity index (χ0v) is 11.4. The number of aryl methyl sites for hydroxylation is 1. The minimum Gasteiger partial charge on any atom is -0.354 e. The van der Waals surface area contributed by atoms with Crippen LogP contribution in [0.15, 0.2) is 12.1 Å². The average molecular weight is 245 g/mol. The maximum Gasteiger partial charge on any atom is 0.129 e. The Bertz CT molecular complexity index is 426. The normalized spacial score (nSPS) is 23.7. The number of aromatic nitrogens is 1. The smallest absolute Gasteiger partial charge is 0.129 e. The molecule has 1 saturated heterocycles. The maximum atomic E-state index is 4.79. The molecule has 1 saturated carbocycles. The van der Waals surface area contributed by atoms with Crippen LogP contribution in [0, 0.1) is 6.92 Å². The monoisotopic (exact) mass is 245 g/mol. The van der Waals surface area contributed by atoms with Crippen LogP contribution in [0.3, 0.4) is 0 Å². The molecular weight excluding hydrogens is 222 g/mol. The average Bonchev–Trinajstić information content (AvgIpc) is 3.09. The maximum absolute atomic E-state index is 4.79. The van der Waals surface area contributed by atoms with E-state index in [2.05, 4.69) is 36.2 Å². The van der Waals surface area contributed by atoms with Gasteiger partial charge < -0.3 is 10.2 Å². The van der Waals surface area contributed by atoms with E-state index in [0.717, 1.165) is 24.9 Å². The standard InChI is InChI=1S/C15H23N3/c1-11-4-3-9-18(11)15-8-5-13(12(2)17-15)10-16-14-6-7-14/h5,8,11,14,16H,3-4,6-7,9-10H2,1-2H3. The second-order valence-corrected chi connectivity index (χ2v) is 5.75. The van der Waals surface area contributed by atoms with Gasteiger partial charge in [-0.1, -0.05) is 6.07 Å². The molecule has 2 aliphatic rings. The highest BCUT2D eigenvalue weighted by Gasteiger charge is 2.22. The number of anilines is 1. The Labute approximate surface area is 110 Å². The molecule has 2 fully saturated rings. The van der Waals surface area contributed by atoms with Crippen LogP contribution in [0.25, 0.3) is 0 Å². The number of hydrogen-bond acceptors (Lipinski definition) is 3. The summed E-state index contributed by atoms with van der Waals surface area (Å²) in [5, 5.41) is 3.56. The second kappa shape index (κ2) is 4.88. The summed E-state index contributed by atoms with van der Waals surface area (Å²) in [4.78, 5) is 7.23. The molecule has 0 radical (unpaired) electrons. The van der Waals surface area contributed by atoms with Gasteiger partial charge in [0.1, 0.15) is 5.82 Å². The van der Waals surface area contributed by atoms with Gasteiger partial charge in [0, 0.05) is 30.9 Å². The van der Waals surface area contributed by atoms with Gasteiger partial charge in [-0.05, 0) is 51.2 Å². The Kier molecular flexibility index (Phi) is 3.25. The van der Waals surface area contributed by atoms with Crippen molar-refractivity contribution in [3.63, 3.8) is 0 Å². The number of nitrogens with one attached hydrogen (secondary N) is 1. The van der Waals surface area contributed by atoms with E-state index in [9.17, 15) is 0 Å². The van der Waals surface area contributed by atoms with Crippen molar-refractivity contribution in [1.82, 2.24) is 10.3 Å². The Hall–Kier alpha value is -1.09. The van der Waals surface area contributed by atoms with Crippen molar-refractivity contribution < 1.29 is 0 Å². The second-order valence-electron chi connectivity index (χ2n) is 5.75. The summed E-state index contributed by atoms with van der Waals surface area (Å²) in [5.74, 6) is 1.16. The van der Waals surface area contributed by atoms with E-state index in [0.29, 0.717) is 6.04 Å². The van der Waals surface area contributed by atoms with E-state index in [1.165, 1.54) is 36.9 Å². The molecule has 0 bridgehead atoms. The van der Waals surface area contributed by atoms with Crippen LogP contribution in [0.1, 0.15) is 43.9 Å². The topological polar surface area (TPSA) is 28.2 Å². The van der Waals surface area contributed by atoms with Crippen molar-refractivity contribution in [2.24, 2.45) is 0 Å². The Morgan fingerprint density at radius 2 is 2.17 bits per heavy atom. The number of pyridine rings is 1. The van der Waals surface area contributed by atoms with Crippen molar-refractivity contribution in [1.29, 1.82) is 0 Å². The molecule has 3 heteroatoms. The predicted molar refractivity (Wildman–Crippen MR) is 74.9 cm³/mol. The van der Waals surface area contributed by atoms with Crippen molar-refractivity contribution in [2.75, 3.05) is 11.4 Å². The first kappa shape index (κ1) is 12.0. The number of nitrogens with zero attached hydrogens (tertiary/aromatic N) is 2. The summed E-state index contributed by atoms with van der Waals surface area (Å²) in [7, 11) is 0. The summed E-state index contributed by atoms with van der Waals surface area (Å²) in [6.07, 6.45) is 5.28. The summed E-state index contributed by atoms with van der Waals surface area (Å²) >= 11 is 0. The Morgan fingerprint density at radius 1 is 1.33 bits per heavy atom. The lowest BCUT2D eigenvalue weighted by Gasteiger charge is -2.23. The molecule has 1 aromatic heterocycles. The van der Waals surface area contributed by atoms with Crippen LogP contribution in [-0.2, 0) is 6.54 Å². The fraction of sp³-hybridized carbons (Fsp3) is 0.667. The highest BCUT2D eigenvalue weighted by Crippen LogP contribution is 2.25. The SMILES string of the molecule is Cc1nc(N2CCCC2C)ccc1CNC1CC1. The largest absolute Gasteiger partial charge is 0.354 e. The zero-order valence-electron chi connectivity index (χ0n) is 11.4. The van der Waals surface area contributed by atoms with Gasteiger partial charge in [-0.15, -0.1) is 0 Å². The van der Waals surface area contributed by atoms with Gasteiger partial charge in [-0.3, -0.25) is 0 Å². The quantitative estimate of drug-likeness (QED) is 0.884. The van der Waals surface area contributed by atoms with Crippen LogP contribution in [0.5, 0.6) is 0 Å². The van der Waals surface area contributed by atoms with Gasteiger partial charge in [0.2, 0.25) is 0 Å². The fourth-order valence-corrected chi connectivity index (χ4v) is 2.74. The van der Waals surface area contributed by atoms with Gasteiger partial charge in [-0.25, -0.2) is 4.98 Å². The third-order valence-electron chi connectivity index (χ3n) is 4.19. The van der Waals surface area contributed by atoms with E-state index in [-0.39, 0.29) is 0 Å². The first-order valence-corrected chi connectivity index (χ1v) is 7.20. The van der Waals surface area contributed by atoms with Crippen LogP contribution >= 0.6 is 0 Å². The van der Waals surface area contributed by atoms with E-state index in [1.807, 2.05) is 0 Å².